The van der Waals surface area contributed by atoms with Crippen molar-refractivity contribution >= 4 is 5.91 Å². The van der Waals surface area contributed by atoms with E-state index in [9.17, 15) is 9.90 Å². The van der Waals surface area contributed by atoms with Crippen molar-refractivity contribution in [2.75, 3.05) is 6.54 Å². The lowest BCUT2D eigenvalue weighted by Crippen LogP contribution is -2.51. The number of amides is 1. The number of aromatic hydroxyl groups is 1. The van der Waals surface area contributed by atoms with Crippen LogP contribution in [-0.4, -0.2) is 38.1 Å². The normalized spacial score (nSPS) is 17.1. The molecule has 6 heteroatoms. The van der Waals surface area contributed by atoms with E-state index < -0.39 is 6.04 Å². The van der Waals surface area contributed by atoms with Crippen LogP contribution in [0, 0.1) is 5.92 Å². The molecule has 2 aromatic carbocycles. The molecule has 0 unspecified atom stereocenters. The van der Waals surface area contributed by atoms with E-state index in [-0.39, 0.29) is 23.6 Å². The summed E-state index contributed by atoms with van der Waals surface area (Å²) in [5.74, 6) is 1.27. The van der Waals surface area contributed by atoms with Crippen LogP contribution >= 0.6 is 0 Å². The Balaban J connectivity index is 1.58. The molecule has 30 heavy (non-hydrogen) atoms. The summed E-state index contributed by atoms with van der Waals surface area (Å²) < 4.78 is 2.17. The molecule has 0 spiro atoms. The molecule has 1 aliphatic heterocycles. The maximum Gasteiger partial charge on any atom is 0.240 e. The van der Waals surface area contributed by atoms with E-state index in [0.717, 1.165) is 22.6 Å². The van der Waals surface area contributed by atoms with Crippen LogP contribution in [0.4, 0.5) is 0 Å². The highest BCUT2D eigenvalue weighted by molar-refractivity contribution is 5.82. The first-order valence-electron chi connectivity index (χ1n) is 10.4. The van der Waals surface area contributed by atoms with Crippen molar-refractivity contribution in [3.05, 3.63) is 72.2 Å². The van der Waals surface area contributed by atoms with Gasteiger partial charge in [-0.05, 0) is 30.0 Å². The minimum atomic E-state index is -0.633. The number of phenolic OH excluding ortho intramolecular Hbond substituents is 1. The van der Waals surface area contributed by atoms with Gasteiger partial charge in [0.15, 0.2) is 0 Å². The van der Waals surface area contributed by atoms with Crippen LogP contribution in [0.15, 0.2) is 60.8 Å². The predicted molar refractivity (Wildman–Crippen MR) is 117 cm³/mol. The summed E-state index contributed by atoms with van der Waals surface area (Å²) in [5.41, 5.74) is 9.25. The van der Waals surface area contributed by atoms with Crippen LogP contribution in [-0.2, 0) is 17.8 Å². The number of fused-ring (bicyclic) bond motifs is 1. The molecule has 2 atom stereocenters. The molecular formula is C24H28N4O2. The van der Waals surface area contributed by atoms with Crippen LogP contribution in [0.5, 0.6) is 5.75 Å². The summed E-state index contributed by atoms with van der Waals surface area (Å²) in [7, 11) is 0. The molecule has 0 fully saturated rings. The molecule has 1 aliphatic rings. The van der Waals surface area contributed by atoms with E-state index in [2.05, 4.69) is 36.7 Å². The van der Waals surface area contributed by atoms with Crippen LogP contribution in [0.2, 0.25) is 0 Å². The molecular weight excluding hydrogens is 376 g/mol. The van der Waals surface area contributed by atoms with Crippen molar-refractivity contribution in [3.63, 3.8) is 0 Å². The third kappa shape index (κ3) is 3.96. The highest BCUT2D eigenvalue weighted by Gasteiger charge is 2.36. The zero-order chi connectivity index (χ0) is 21.3. The van der Waals surface area contributed by atoms with Crippen molar-refractivity contribution < 1.29 is 9.90 Å². The second-order valence-corrected chi connectivity index (χ2v) is 8.24. The average molecular weight is 405 g/mol. The van der Waals surface area contributed by atoms with Crippen molar-refractivity contribution in [3.8, 4) is 17.0 Å². The lowest BCUT2D eigenvalue weighted by Gasteiger charge is -2.39. The molecule has 1 amide bonds. The molecule has 0 radical (unpaired) electrons. The number of nitrogens with zero attached hydrogens (tertiary/aromatic N) is 3. The molecule has 0 saturated heterocycles. The molecule has 156 valence electrons. The van der Waals surface area contributed by atoms with Crippen molar-refractivity contribution in [1.29, 1.82) is 0 Å². The van der Waals surface area contributed by atoms with Gasteiger partial charge in [-0.2, -0.15) is 0 Å². The third-order valence-electron chi connectivity index (χ3n) is 5.68. The van der Waals surface area contributed by atoms with Crippen molar-refractivity contribution in [1.82, 2.24) is 14.5 Å². The minimum absolute atomic E-state index is 0.0581. The summed E-state index contributed by atoms with van der Waals surface area (Å²) in [6.07, 6.45) is 2.52. The van der Waals surface area contributed by atoms with Gasteiger partial charge in [-0.1, -0.05) is 56.3 Å². The fraction of sp³-hybridized carbons (Fsp3) is 0.333. The lowest BCUT2D eigenvalue weighted by molar-refractivity contribution is -0.137. The summed E-state index contributed by atoms with van der Waals surface area (Å²) in [4.78, 5) is 20.1. The number of carbonyl (C=O) groups is 1. The smallest absolute Gasteiger partial charge is 0.240 e. The van der Waals surface area contributed by atoms with Gasteiger partial charge >= 0.3 is 0 Å². The highest BCUT2D eigenvalue weighted by atomic mass is 16.3. The number of hydrogen-bond acceptors (Lipinski definition) is 4. The maximum atomic E-state index is 13.3. The lowest BCUT2D eigenvalue weighted by atomic mass is 9.97. The Labute approximate surface area is 177 Å². The standard InChI is InChI=1S/C24H28N4O2/c1-16(2)22-23-26-21(18-6-4-3-5-7-18)15-27(23)12-13-28(22)24(30)20(25)14-17-8-10-19(29)11-9-17/h3-11,15-16,20,22,29H,12-14,25H2,1-2H3/t20-,22-/m0/s1. The second-order valence-electron chi connectivity index (χ2n) is 8.24. The first kappa shape index (κ1) is 20.2. The van der Waals surface area contributed by atoms with Gasteiger partial charge in [0.2, 0.25) is 5.91 Å². The van der Waals surface area contributed by atoms with Gasteiger partial charge in [-0.25, -0.2) is 4.98 Å². The van der Waals surface area contributed by atoms with Gasteiger partial charge in [0.1, 0.15) is 11.6 Å². The Hall–Kier alpha value is -3.12. The number of hydrogen-bond donors (Lipinski definition) is 2. The van der Waals surface area contributed by atoms with Crippen molar-refractivity contribution in [2.45, 2.75) is 38.9 Å². The van der Waals surface area contributed by atoms with Gasteiger partial charge in [0.25, 0.3) is 0 Å². The van der Waals surface area contributed by atoms with Gasteiger partial charge in [-0.15, -0.1) is 0 Å². The molecule has 4 rings (SSSR count). The molecule has 3 N–H and O–H groups in total. The van der Waals surface area contributed by atoms with E-state index >= 15 is 0 Å². The Morgan fingerprint density at radius 2 is 1.83 bits per heavy atom. The van der Waals surface area contributed by atoms with Gasteiger partial charge in [0, 0.05) is 24.8 Å². The first-order valence-corrected chi connectivity index (χ1v) is 10.4. The quantitative estimate of drug-likeness (QED) is 0.683. The van der Waals surface area contributed by atoms with Gasteiger partial charge < -0.3 is 20.3 Å². The van der Waals surface area contributed by atoms with Gasteiger partial charge in [-0.3, -0.25) is 4.79 Å². The van der Waals surface area contributed by atoms with E-state index in [1.165, 1.54) is 0 Å². The fourth-order valence-electron chi connectivity index (χ4n) is 4.18. The van der Waals surface area contributed by atoms with E-state index in [1.54, 1.807) is 24.3 Å². The molecule has 6 nitrogen and oxygen atoms in total. The SMILES string of the molecule is CC(C)[C@H]1c2nc(-c3ccccc3)cn2CCN1C(=O)[C@@H](N)Cc1ccc(O)cc1. The number of rotatable bonds is 5. The Kier molecular flexibility index (Phi) is 5.59. The zero-order valence-corrected chi connectivity index (χ0v) is 17.4. The number of benzene rings is 2. The van der Waals surface area contributed by atoms with E-state index in [0.29, 0.717) is 19.5 Å². The number of phenols is 1. The van der Waals surface area contributed by atoms with Crippen LogP contribution in [0.25, 0.3) is 11.3 Å². The van der Waals surface area contributed by atoms with Crippen LogP contribution in [0.1, 0.15) is 31.3 Å². The summed E-state index contributed by atoms with van der Waals surface area (Å²) in [5, 5.41) is 9.46. The minimum Gasteiger partial charge on any atom is -0.508 e. The molecule has 1 aromatic heterocycles. The molecule has 0 aliphatic carbocycles. The highest BCUT2D eigenvalue weighted by Crippen LogP contribution is 2.34. The Morgan fingerprint density at radius 3 is 2.50 bits per heavy atom. The second kappa shape index (κ2) is 8.32. The zero-order valence-electron chi connectivity index (χ0n) is 17.4. The molecule has 3 aromatic rings. The topological polar surface area (TPSA) is 84.4 Å². The molecule has 0 bridgehead atoms. The summed E-state index contributed by atoms with van der Waals surface area (Å²) in [6.45, 7) is 5.55. The average Bonchev–Trinajstić information content (AvgIpc) is 3.19. The van der Waals surface area contributed by atoms with Gasteiger partial charge in [0.05, 0.1) is 17.8 Å². The van der Waals surface area contributed by atoms with Crippen LogP contribution in [0.3, 0.4) is 0 Å². The Morgan fingerprint density at radius 1 is 1.13 bits per heavy atom. The molecule has 0 saturated carbocycles. The predicted octanol–water partition coefficient (Wildman–Crippen LogP) is 3.37. The first-order chi connectivity index (χ1) is 14.4. The summed E-state index contributed by atoms with van der Waals surface area (Å²) >= 11 is 0. The fourth-order valence-corrected chi connectivity index (χ4v) is 4.18. The number of nitrogens with two attached hydrogens (primary N) is 1. The maximum absolute atomic E-state index is 13.3. The van der Waals surface area contributed by atoms with Crippen LogP contribution < -0.4 is 5.73 Å². The number of carbonyl (C=O) groups excluding carboxylic acids is 1. The van der Waals surface area contributed by atoms with E-state index in [1.807, 2.05) is 23.1 Å². The monoisotopic (exact) mass is 404 g/mol. The van der Waals surface area contributed by atoms with Crippen molar-refractivity contribution in [2.24, 2.45) is 11.7 Å². The summed E-state index contributed by atoms with van der Waals surface area (Å²) in [6, 6.07) is 16.2. The largest absolute Gasteiger partial charge is 0.508 e. The molecule has 2 heterocycles. The number of imidazole rings is 1. The van der Waals surface area contributed by atoms with E-state index in [4.69, 9.17) is 10.7 Å². The number of aromatic nitrogens is 2. The Bertz CT molecular complexity index is 1010. The third-order valence-corrected chi connectivity index (χ3v) is 5.68.